The zero-order valence-corrected chi connectivity index (χ0v) is 43.7. The van der Waals surface area contributed by atoms with Crippen molar-refractivity contribution in [3.05, 3.63) is 108 Å². The van der Waals surface area contributed by atoms with Gasteiger partial charge in [-0.3, -0.25) is 14.4 Å². The average molecular weight is 940 g/mol. The van der Waals surface area contributed by atoms with Crippen molar-refractivity contribution in [3.63, 3.8) is 0 Å². The van der Waals surface area contributed by atoms with E-state index in [9.17, 15) is 14.4 Å². The lowest BCUT2D eigenvalue weighted by Crippen LogP contribution is -2.24. The molecule has 0 aliphatic heterocycles. The molecule has 0 spiro atoms. The van der Waals surface area contributed by atoms with Crippen molar-refractivity contribution in [2.24, 2.45) is 0 Å². The van der Waals surface area contributed by atoms with E-state index in [1.54, 1.807) is 0 Å². The Morgan fingerprint density at radius 1 is 0.261 bits per heavy atom. The summed E-state index contributed by atoms with van der Waals surface area (Å²) >= 11 is 0. The highest BCUT2D eigenvalue weighted by atomic mass is 16.2. The minimum absolute atomic E-state index is 0.0350. The molecule has 4 rings (SSSR count). The Hall–Kier alpha value is -4.71. The van der Waals surface area contributed by atoms with Gasteiger partial charge in [0.05, 0.1) is 0 Å². The van der Waals surface area contributed by atoms with Crippen molar-refractivity contribution in [3.8, 4) is 33.4 Å². The van der Waals surface area contributed by atoms with E-state index in [0.717, 1.165) is 71.9 Å². The fraction of sp³-hybridized carbons (Fsp3) is 0.571. The SMILES string of the molecule is CCCCCCCCCCCCNC(=O)c1ccc(-c2cc(-c3ccc(C(=O)NCCCCCCCCCCCC)cc3)cc(-c3ccc(C(=O)NCCCCCCCCCCCC)cc3)c2)cc1. The van der Waals surface area contributed by atoms with Gasteiger partial charge in [0.15, 0.2) is 0 Å². The van der Waals surface area contributed by atoms with Crippen molar-refractivity contribution in [2.75, 3.05) is 19.6 Å². The van der Waals surface area contributed by atoms with Crippen LogP contribution in [0.3, 0.4) is 0 Å². The maximum Gasteiger partial charge on any atom is 0.251 e. The molecule has 6 heteroatoms. The number of nitrogens with one attached hydrogen (secondary N) is 3. The lowest BCUT2D eigenvalue weighted by Gasteiger charge is -2.13. The second-order valence-electron chi connectivity index (χ2n) is 19.8. The second-order valence-corrected chi connectivity index (χ2v) is 19.8. The van der Waals surface area contributed by atoms with Gasteiger partial charge in [-0.1, -0.05) is 231 Å². The summed E-state index contributed by atoms with van der Waals surface area (Å²) in [6.07, 6.45) is 38.1. The molecule has 0 saturated carbocycles. The van der Waals surface area contributed by atoms with E-state index < -0.39 is 0 Å². The van der Waals surface area contributed by atoms with Gasteiger partial charge in [0, 0.05) is 36.3 Å². The van der Waals surface area contributed by atoms with Gasteiger partial charge in [-0.2, -0.15) is 0 Å². The summed E-state index contributed by atoms with van der Waals surface area (Å²) in [5.74, 6) is -0.105. The minimum Gasteiger partial charge on any atom is -0.352 e. The third-order valence-electron chi connectivity index (χ3n) is 13.8. The third-order valence-corrected chi connectivity index (χ3v) is 13.8. The third kappa shape index (κ3) is 23.6. The first-order valence-electron chi connectivity index (χ1n) is 28.2. The molecule has 378 valence electrons. The Bertz CT molecular complexity index is 1730. The first-order valence-corrected chi connectivity index (χ1v) is 28.2. The minimum atomic E-state index is -0.0350. The van der Waals surface area contributed by atoms with Crippen molar-refractivity contribution >= 4 is 17.7 Å². The van der Waals surface area contributed by atoms with Crippen LogP contribution in [0.15, 0.2) is 91.0 Å². The molecular formula is C63H93N3O3. The van der Waals surface area contributed by atoms with E-state index in [1.165, 1.54) is 154 Å². The van der Waals surface area contributed by atoms with Crippen LogP contribution in [0, 0.1) is 0 Å². The fourth-order valence-corrected chi connectivity index (χ4v) is 9.32. The number of unbranched alkanes of at least 4 members (excludes halogenated alkanes) is 27. The number of carbonyl (C=O) groups excluding carboxylic acids is 3. The Kier molecular flexibility index (Phi) is 29.9. The van der Waals surface area contributed by atoms with Gasteiger partial charge >= 0.3 is 0 Å². The predicted octanol–water partition coefficient (Wildman–Crippen LogP) is 17.6. The Morgan fingerprint density at radius 2 is 0.449 bits per heavy atom. The van der Waals surface area contributed by atoms with Gasteiger partial charge in [0.1, 0.15) is 0 Å². The number of hydrogen-bond donors (Lipinski definition) is 3. The van der Waals surface area contributed by atoms with E-state index in [1.807, 2.05) is 72.8 Å². The number of carbonyl (C=O) groups is 3. The molecule has 4 aromatic rings. The highest BCUT2D eigenvalue weighted by molar-refractivity contribution is 5.96. The van der Waals surface area contributed by atoms with Crippen LogP contribution in [0.25, 0.3) is 33.4 Å². The molecule has 3 amide bonds. The Morgan fingerprint density at radius 3 is 0.652 bits per heavy atom. The standard InChI is InChI=1S/C63H93N3O3/c1-4-7-10-13-16-19-22-25-28-31-46-64-61(67)55-40-34-52(35-41-55)58-49-59(53-36-42-56(43-37-53)62(68)65-47-32-29-26-23-20-17-14-11-8-5-2)51-60(50-58)54-38-44-57(45-39-54)63(69)66-48-33-30-27-24-21-18-15-12-9-6-3/h34-45,49-51H,4-33,46-48H2,1-3H3,(H,64,67)(H,65,68)(H,66,69). The molecule has 69 heavy (non-hydrogen) atoms. The molecule has 0 fully saturated rings. The molecule has 4 aromatic carbocycles. The summed E-state index contributed by atoms with van der Waals surface area (Å²) in [6.45, 7) is 8.88. The monoisotopic (exact) mass is 940 g/mol. The smallest absolute Gasteiger partial charge is 0.251 e. The summed E-state index contributed by atoms with van der Waals surface area (Å²) in [4.78, 5) is 39.4. The molecule has 0 atom stereocenters. The molecule has 0 aromatic heterocycles. The zero-order valence-electron chi connectivity index (χ0n) is 43.7. The summed E-state index contributed by atoms with van der Waals surface area (Å²) in [7, 11) is 0. The number of rotatable bonds is 39. The first-order chi connectivity index (χ1) is 33.9. The van der Waals surface area contributed by atoms with Crippen LogP contribution in [0.1, 0.15) is 244 Å². The molecule has 0 heterocycles. The van der Waals surface area contributed by atoms with E-state index in [2.05, 4.69) is 54.9 Å². The number of amides is 3. The highest BCUT2D eigenvalue weighted by Gasteiger charge is 2.13. The molecule has 6 nitrogen and oxygen atoms in total. The topological polar surface area (TPSA) is 87.3 Å². The molecule has 3 N–H and O–H groups in total. The van der Waals surface area contributed by atoms with E-state index >= 15 is 0 Å². The predicted molar refractivity (Wildman–Crippen MR) is 295 cm³/mol. The van der Waals surface area contributed by atoms with E-state index in [0.29, 0.717) is 36.3 Å². The second kappa shape index (κ2) is 36.3. The van der Waals surface area contributed by atoms with Gasteiger partial charge in [0.2, 0.25) is 0 Å². The Labute approximate surface area is 420 Å². The van der Waals surface area contributed by atoms with Crippen LogP contribution in [0.5, 0.6) is 0 Å². The van der Waals surface area contributed by atoms with Crippen LogP contribution >= 0.6 is 0 Å². The van der Waals surface area contributed by atoms with Crippen LogP contribution in [0.2, 0.25) is 0 Å². The molecule has 0 aliphatic carbocycles. The lowest BCUT2D eigenvalue weighted by atomic mass is 9.92. The summed E-state index contributed by atoms with van der Waals surface area (Å²) in [5, 5.41) is 9.40. The molecule has 0 bridgehead atoms. The molecule has 0 aliphatic rings. The molecule has 0 radical (unpaired) electrons. The van der Waals surface area contributed by atoms with Crippen molar-refractivity contribution in [1.29, 1.82) is 0 Å². The van der Waals surface area contributed by atoms with Gasteiger partial charge < -0.3 is 16.0 Å². The largest absolute Gasteiger partial charge is 0.352 e. The molecular weight excluding hydrogens is 847 g/mol. The quantitative estimate of drug-likeness (QED) is 0.0390. The summed E-state index contributed by atoms with van der Waals surface area (Å²) in [6, 6.07) is 30.2. The summed E-state index contributed by atoms with van der Waals surface area (Å²) in [5.41, 5.74) is 8.08. The number of hydrogen-bond acceptors (Lipinski definition) is 3. The van der Waals surface area contributed by atoms with Gasteiger partial charge in [-0.05, 0) is 107 Å². The summed E-state index contributed by atoms with van der Waals surface area (Å²) < 4.78 is 0. The maximum absolute atomic E-state index is 13.1. The van der Waals surface area contributed by atoms with Crippen LogP contribution in [0.4, 0.5) is 0 Å². The van der Waals surface area contributed by atoms with Crippen LogP contribution < -0.4 is 16.0 Å². The average Bonchev–Trinajstić information content (AvgIpc) is 3.38. The van der Waals surface area contributed by atoms with E-state index in [-0.39, 0.29) is 17.7 Å². The van der Waals surface area contributed by atoms with Crippen molar-refractivity contribution < 1.29 is 14.4 Å². The van der Waals surface area contributed by atoms with Gasteiger partial charge in [-0.25, -0.2) is 0 Å². The number of benzene rings is 4. The van der Waals surface area contributed by atoms with Crippen molar-refractivity contribution in [1.82, 2.24) is 16.0 Å². The normalized spacial score (nSPS) is 11.2. The van der Waals surface area contributed by atoms with Crippen molar-refractivity contribution in [2.45, 2.75) is 213 Å². The zero-order chi connectivity index (χ0) is 49.0. The van der Waals surface area contributed by atoms with E-state index in [4.69, 9.17) is 0 Å². The van der Waals surface area contributed by atoms with Crippen LogP contribution in [-0.4, -0.2) is 37.4 Å². The molecule has 0 saturated heterocycles. The fourth-order valence-electron chi connectivity index (χ4n) is 9.32. The van der Waals surface area contributed by atoms with Crippen LogP contribution in [-0.2, 0) is 0 Å². The Balaban J connectivity index is 1.36. The molecule has 0 unspecified atom stereocenters. The first kappa shape index (κ1) is 56.9. The lowest BCUT2D eigenvalue weighted by molar-refractivity contribution is 0.0944. The maximum atomic E-state index is 13.1. The van der Waals surface area contributed by atoms with Gasteiger partial charge in [0.25, 0.3) is 17.7 Å². The highest BCUT2D eigenvalue weighted by Crippen LogP contribution is 2.34. The van der Waals surface area contributed by atoms with Gasteiger partial charge in [-0.15, -0.1) is 0 Å².